The maximum atomic E-state index is 13.0. The number of fused-ring (bicyclic) bond motifs is 2. The molecule has 2 saturated heterocycles. The molecule has 1 aliphatic carbocycles. The SMILES string of the molecule is CNC(=O)c1cc(C(=O)CC2[C@H]3COC[C@@H]23)cc2c1OC[C@H]2C1CCOCC1. The Hall–Kier alpha value is -1.92. The molecule has 0 bridgehead atoms. The number of Topliss-reactive ketones (excluding diaryl/α,β-unsaturated/α-hetero) is 1. The van der Waals surface area contributed by atoms with Crippen LogP contribution in [0, 0.1) is 23.7 Å². The summed E-state index contributed by atoms with van der Waals surface area (Å²) in [4.78, 5) is 25.5. The van der Waals surface area contributed by atoms with Gasteiger partial charge >= 0.3 is 0 Å². The fourth-order valence-corrected chi connectivity index (χ4v) is 5.32. The monoisotopic (exact) mass is 385 g/mol. The van der Waals surface area contributed by atoms with Crippen molar-refractivity contribution in [2.24, 2.45) is 23.7 Å². The van der Waals surface area contributed by atoms with Gasteiger partial charge in [-0.2, -0.15) is 0 Å². The summed E-state index contributed by atoms with van der Waals surface area (Å²) < 4.78 is 16.9. The van der Waals surface area contributed by atoms with Crippen molar-refractivity contribution in [2.75, 3.05) is 40.1 Å². The van der Waals surface area contributed by atoms with Crippen molar-refractivity contribution in [1.29, 1.82) is 0 Å². The summed E-state index contributed by atoms with van der Waals surface area (Å²) in [6.45, 7) is 3.69. The van der Waals surface area contributed by atoms with Crippen molar-refractivity contribution in [3.8, 4) is 5.75 Å². The van der Waals surface area contributed by atoms with Crippen molar-refractivity contribution in [1.82, 2.24) is 5.32 Å². The average Bonchev–Trinajstić information content (AvgIpc) is 3.10. The largest absolute Gasteiger partial charge is 0.492 e. The molecule has 1 amide bonds. The van der Waals surface area contributed by atoms with Gasteiger partial charge in [0.05, 0.1) is 25.4 Å². The maximum Gasteiger partial charge on any atom is 0.254 e. The summed E-state index contributed by atoms with van der Waals surface area (Å²) in [6.07, 6.45) is 2.53. The highest BCUT2D eigenvalue weighted by Crippen LogP contribution is 2.53. The standard InChI is InChI=1S/C22H27NO5/c1-23-22(25)16-7-13(20(24)8-14-18-9-27-10-19(14)18)6-15-17(11-28-21(15)16)12-2-4-26-5-3-12/h6-7,12,14,17-19H,2-5,8-11H2,1H3,(H,23,25)/t14?,17-,18-,19+/m0/s1. The number of benzene rings is 1. The minimum Gasteiger partial charge on any atom is -0.492 e. The van der Waals surface area contributed by atoms with Gasteiger partial charge < -0.3 is 19.5 Å². The zero-order valence-corrected chi connectivity index (χ0v) is 16.2. The molecule has 1 unspecified atom stereocenters. The van der Waals surface area contributed by atoms with E-state index in [1.165, 1.54) is 0 Å². The molecule has 1 aromatic carbocycles. The number of hydrogen-bond donors (Lipinski definition) is 1. The average molecular weight is 385 g/mol. The van der Waals surface area contributed by atoms with Crippen LogP contribution in [0.2, 0.25) is 0 Å². The molecule has 150 valence electrons. The number of carbonyl (C=O) groups excluding carboxylic acids is 2. The van der Waals surface area contributed by atoms with E-state index in [2.05, 4.69) is 5.32 Å². The molecule has 0 aromatic heterocycles. The van der Waals surface area contributed by atoms with Crippen LogP contribution < -0.4 is 10.1 Å². The van der Waals surface area contributed by atoms with Crippen molar-refractivity contribution in [3.05, 3.63) is 28.8 Å². The lowest BCUT2D eigenvalue weighted by molar-refractivity contribution is 0.0551. The zero-order valence-electron chi connectivity index (χ0n) is 16.2. The van der Waals surface area contributed by atoms with Crippen LogP contribution in [0.15, 0.2) is 12.1 Å². The van der Waals surface area contributed by atoms with Crippen molar-refractivity contribution >= 4 is 11.7 Å². The molecule has 6 nitrogen and oxygen atoms in total. The number of carbonyl (C=O) groups is 2. The predicted octanol–water partition coefficient (Wildman–Crippen LogP) is 2.41. The Morgan fingerprint density at radius 2 is 1.82 bits per heavy atom. The Labute approximate surface area is 164 Å². The van der Waals surface area contributed by atoms with Crippen LogP contribution in [0.1, 0.15) is 51.5 Å². The van der Waals surface area contributed by atoms with Gasteiger partial charge in [-0.1, -0.05) is 0 Å². The summed E-state index contributed by atoms with van der Waals surface area (Å²) in [5.41, 5.74) is 2.15. The molecule has 4 atom stereocenters. The third-order valence-electron chi connectivity index (χ3n) is 7.10. The van der Waals surface area contributed by atoms with Gasteiger partial charge in [0, 0.05) is 43.7 Å². The summed E-state index contributed by atoms with van der Waals surface area (Å²) in [6, 6.07) is 3.72. The summed E-state index contributed by atoms with van der Waals surface area (Å²) in [7, 11) is 1.61. The number of hydrogen-bond acceptors (Lipinski definition) is 5. The molecule has 0 radical (unpaired) electrons. The van der Waals surface area contributed by atoms with Crippen molar-refractivity contribution < 1.29 is 23.8 Å². The lowest BCUT2D eigenvalue weighted by Gasteiger charge is -2.27. The van der Waals surface area contributed by atoms with E-state index in [9.17, 15) is 9.59 Å². The van der Waals surface area contributed by atoms with E-state index in [0.717, 1.165) is 44.8 Å². The second-order valence-corrected chi connectivity index (χ2v) is 8.54. The first-order chi connectivity index (χ1) is 13.7. The fraction of sp³-hybridized carbons (Fsp3) is 0.636. The molecule has 3 heterocycles. The van der Waals surface area contributed by atoms with Gasteiger partial charge in [0.2, 0.25) is 0 Å². The van der Waals surface area contributed by atoms with Crippen LogP contribution >= 0.6 is 0 Å². The third-order valence-corrected chi connectivity index (χ3v) is 7.10. The fourth-order valence-electron chi connectivity index (χ4n) is 5.32. The van der Waals surface area contributed by atoms with Crippen LogP contribution in [0.25, 0.3) is 0 Å². The van der Waals surface area contributed by atoms with E-state index in [1.807, 2.05) is 6.07 Å². The highest BCUT2D eigenvalue weighted by atomic mass is 16.5. The smallest absolute Gasteiger partial charge is 0.254 e. The van der Waals surface area contributed by atoms with Crippen LogP contribution in [-0.4, -0.2) is 51.8 Å². The zero-order chi connectivity index (χ0) is 19.3. The van der Waals surface area contributed by atoms with Gasteiger partial charge in [-0.05, 0) is 48.6 Å². The van der Waals surface area contributed by atoms with E-state index in [1.54, 1.807) is 13.1 Å². The highest BCUT2D eigenvalue weighted by Gasteiger charge is 2.54. The molecule has 3 aliphatic heterocycles. The Morgan fingerprint density at radius 3 is 2.54 bits per heavy atom. The third kappa shape index (κ3) is 3.03. The van der Waals surface area contributed by atoms with Gasteiger partial charge in [-0.3, -0.25) is 9.59 Å². The molecule has 1 saturated carbocycles. The van der Waals surface area contributed by atoms with E-state index < -0.39 is 0 Å². The Morgan fingerprint density at radius 1 is 1.07 bits per heavy atom. The number of rotatable bonds is 5. The van der Waals surface area contributed by atoms with Gasteiger partial charge in [0.15, 0.2) is 5.78 Å². The minimum absolute atomic E-state index is 0.130. The Balaban J connectivity index is 1.44. The van der Waals surface area contributed by atoms with Gasteiger partial charge in [-0.25, -0.2) is 0 Å². The quantitative estimate of drug-likeness (QED) is 0.788. The second kappa shape index (κ2) is 7.16. The van der Waals surface area contributed by atoms with Gasteiger partial charge in [-0.15, -0.1) is 0 Å². The molecule has 3 fully saturated rings. The van der Waals surface area contributed by atoms with E-state index in [4.69, 9.17) is 14.2 Å². The second-order valence-electron chi connectivity index (χ2n) is 8.54. The molecular formula is C22H27NO5. The predicted molar refractivity (Wildman–Crippen MR) is 102 cm³/mol. The van der Waals surface area contributed by atoms with Crippen molar-refractivity contribution in [2.45, 2.75) is 25.2 Å². The lowest BCUT2D eigenvalue weighted by atomic mass is 9.81. The molecule has 6 heteroatoms. The molecule has 4 aliphatic rings. The normalized spacial score (nSPS) is 31.0. The van der Waals surface area contributed by atoms with Gasteiger partial charge in [0.1, 0.15) is 5.75 Å². The molecule has 1 N–H and O–H groups in total. The number of nitrogens with one attached hydrogen (secondary N) is 1. The van der Waals surface area contributed by atoms with Crippen molar-refractivity contribution in [3.63, 3.8) is 0 Å². The van der Waals surface area contributed by atoms with Gasteiger partial charge in [0.25, 0.3) is 5.91 Å². The molecule has 1 aromatic rings. The molecule has 28 heavy (non-hydrogen) atoms. The van der Waals surface area contributed by atoms with E-state index in [0.29, 0.717) is 53.6 Å². The van der Waals surface area contributed by atoms with E-state index in [-0.39, 0.29) is 17.6 Å². The van der Waals surface area contributed by atoms with Crippen LogP contribution in [0.3, 0.4) is 0 Å². The summed E-state index contributed by atoms with van der Waals surface area (Å²) in [5, 5.41) is 2.69. The summed E-state index contributed by atoms with van der Waals surface area (Å²) >= 11 is 0. The topological polar surface area (TPSA) is 73.9 Å². The van der Waals surface area contributed by atoms with Crippen LogP contribution in [0.5, 0.6) is 5.75 Å². The number of ketones is 1. The first-order valence-corrected chi connectivity index (χ1v) is 10.4. The molecule has 0 spiro atoms. The number of amides is 1. The van der Waals surface area contributed by atoms with E-state index >= 15 is 0 Å². The first kappa shape index (κ1) is 18.1. The summed E-state index contributed by atoms with van der Waals surface area (Å²) in [5.74, 6) is 2.83. The molecule has 5 rings (SSSR count). The Kier molecular flexibility index (Phi) is 4.63. The molecular weight excluding hydrogens is 358 g/mol. The Bertz CT molecular complexity index is 790. The highest BCUT2D eigenvalue weighted by molar-refractivity contribution is 6.03. The maximum absolute atomic E-state index is 13.0. The van der Waals surface area contributed by atoms with Crippen LogP contribution in [0.4, 0.5) is 0 Å². The lowest BCUT2D eigenvalue weighted by Crippen LogP contribution is -2.23. The minimum atomic E-state index is -0.199. The number of ether oxygens (including phenoxy) is 3. The first-order valence-electron chi connectivity index (χ1n) is 10.4. The van der Waals surface area contributed by atoms with Crippen LogP contribution in [-0.2, 0) is 9.47 Å².